The van der Waals surface area contributed by atoms with Crippen molar-refractivity contribution in [2.45, 2.75) is 12.8 Å². The molecule has 0 radical (unpaired) electrons. The lowest BCUT2D eigenvalue weighted by atomic mass is 10.1. The van der Waals surface area contributed by atoms with Gasteiger partial charge in [0.15, 0.2) is 5.78 Å². The summed E-state index contributed by atoms with van der Waals surface area (Å²) < 4.78 is 0. The Kier molecular flexibility index (Phi) is 3.62. The van der Waals surface area contributed by atoms with Crippen LogP contribution in [-0.4, -0.2) is 26.9 Å². The molecule has 1 aromatic heterocycles. The summed E-state index contributed by atoms with van der Waals surface area (Å²) in [6, 6.07) is 8.09. The number of aromatic nitrogens is 1. The molecule has 0 saturated heterocycles. The van der Waals surface area contributed by atoms with E-state index in [1.54, 1.807) is 18.2 Å². The first-order chi connectivity index (χ1) is 9.52. The van der Waals surface area contributed by atoms with Crippen molar-refractivity contribution in [1.29, 1.82) is 5.26 Å². The van der Waals surface area contributed by atoms with Gasteiger partial charge in [0.1, 0.15) is 11.4 Å². The molecule has 2 rings (SSSR count). The van der Waals surface area contributed by atoms with Crippen LogP contribution in [0.3, 0.4) is 0 Å². The van der Waals surface area contributed by atoms with E-state index in [1.807, 2.05) is 6.07 Å². The average Bonchev–Trinajstić information content (AvgIpc) is 2.43. The zero-order valence-corrected chi connectivity index (χ0v) is 10.3. The molecule has 6 heteroatoms. The van der Waals surface area contributed by atoms with Crippen molar-refractivity contribution in [2.75, 3.05) is 0 Å². The van der Waals surface area contributed by atoms with Crippen LogP contribution in [0.2, 0.25) is 0 Å². The number of carbonyl (C=O) groups is 2. The quantitative estimate of drug-likeness (QED) is 0.820. The largest absolute Gasteiger partial charge is 0.506 e. The van der Waals surface area contributed by atoms with Crippen LogP contribution in [-0.2, 0) is 4.79 Å². The summed E-state index contributed by atoms with van der Waals surface area (Å²) in [5.74, 6) is -1.99. The van der Waals surface area contributed by atoms with Crippen molar-refractivity contribution in [3.8, 4) is 11.8 Å². The molecule has 0 amide bonds. The fourth-order valence-electron chi connectivity index (χ4n) is 1.83. The Labute approximate surface area is 113 Å². The number of pyridine rings is 1. The van der Waals surface area contributed by atoms with E-state index in [-0.39, 0.29) is 24.3 Å². The first-order valence-corrected chi connectivity index (χ1v) is 5.80. The number of carboxylic acid groups (broad SMARTS) is 1. The third kappa shape index (κ3) is 2.57. The van der Waals surface area contributed by atoms with Crippen molar-refractivity contribution in [3.63, 3.8) is 0 Å². The number of nitrogens with zero attached hydrogens (tertiary/aromatic N) is 2. The fraction of sp³-hybridized carbons (Fsp3) is 0.143. The Morgan fingerprint density at radius 2 is 2.05 bits per heavy atom. The molecule has 0 saturated carbocycles. The molecule has 2 N–H and O–H groups in total. The number of aromatic hydroxyl groups is 1. The van der Waals surface area contributed by atoms with E-state index >= 15 is 0 Å². The molecule has 0 aliphatic heterocycles. The van der Waals surface area contributed by atoms with Gasteiger partial charge in [-0.15, -0.1) is 0 Å². The lowest BCUT2D eigenvalue weighted by molar-refractivity contribution is -0.136. The highest BCUT2D eigenvalue weighted by molar-refractivity contribution is 6.00. The third-order valence-corrected chi connectivity index (χ3v) is 2.79. The van der Waals surface area contributed by atoms with Crippen LogP contribution in [0.15, 0.2) is 24.3 Å². The van der Waals surface area contributed by atoms with E-state index in [0.717, 1.165) is 0 Å². The molecular weight excluding hydrogens is 260 g/mol. The van der Waals surface area contributed by atoms with Gasteiger partial charge in [0.05, 0.1) is 23.6 Å². The summed E-state index contributed by atoms with van der Waals surface area (Å²) >= 11 is 0. The molecule has 0 aliphatic rings. The first kappa shape index (κ1) is 13.5. The topological polar surface area (TPSA) is 111 Å². The third-order valence-electron chi connectivity index (χ3n) is 2.79. The van der Waals surface area contributed by atoms with E-state index < -0.39 is 11.8 Å². The maximum atomic E-state index is 11.8. The van der Waals surface area contributed by atoms with Crippen molar-refractivity contribution in [1.82, 2.24) is 4.98 Å². The number of rotatable bonds is 4. The second-order valence-corrected chi connectivity index (χ2v) is 4.16. The number of ketones is 1. The molecule has 20 heavy (non-hydrogen) atoms. The second kappa shape index (κ2) is 5.36. The van der Waals surface area contributed by atoms with E-state index in [1.165, 1.54) is 6.07 Å². The Morgan fingerprint density at radius 3 is 2.70 bits per heavy atom. The zero-order chi connectivity index (χ0) is 14.7. The standard InChI is InChI=1S/C14H10N2O4/c15-7-8-2-1-3-10-9(8)6-12(18)14(16-10)11(17)4-5-13(19)20/h1-3,6,18H,4-5H2,(H,19,20). The van der Waals surface area contributed by atoms with Crippen LogP contribution in [0, 0.1) is 11.3 Å². The number of Topliss-reactive ketones (excluding diaryl/α,β-unsaturated/α-hetero) is 1. The van der Waals surface area contributed by atoms with Crippen molar-refractivity contribution in [3.05, 3.63) is 35.5 Å². The number of hydrogen-bond acceptors (Lipinski definition) is 5. The van der Waals surface area contributed by atoms with Gasteiger partial charge in [-0.2, -0.15) is 5.26 Å². The van der Waals surface area contributed by atoms with Gasteiger partial charge < -0.3 is 10.2 Å². The minimum atomic E-state index is -1.09. The van der Waals surface area contributed by atoms with Crippen molar-refractivity contribution < 1.29 is 19.8 Å². The minimum absolute atomic E-state index is 0.172. The SMILES string of the molecule is N#Cc1cccc2nc(C(=O)CCC(=O)O)c(O)cc12. The molecule has 6 nitrogen and oxygen atoms in total. The van der Waals surface area contributed by atoms with Gasteiger partial charge in [-0.05, 0) is 18.2 Å². The predicted octanol–water partition coefficient (Wildman–Crippen LogP) is 1.86. The number of carboxylic acids is 1. The highest BCUT2D eigenvalue weighted by Gasteiger charge is 2.16. The summed E-state index contributed by atoms with van der Waals surface area (Å²) in [5, 5.41) is 27.8. The van der Waals surface area contributed by atoms with Crippen LogP contribution >= 0.6 is 0 Å². The van der Waals surface area contributed by atoms with Gasteiger partial charge >= 0.3 is 5.97 Å². The minimum Gasteiger partial charge on any atom is -0.506 e. The molecule has 0 bridgehead atoms. The maximum absolute atomic E-state index is 11.8. The van der Waals surface area contributed by atoms with Gasteiger partial charge in [0.25, 0.3) is 0 Å². The predicted molar refractivity (Wildman–Crippen MR) is 69.3 cm³/mol. The van der Waals surface area contributed by atoms with E-state index in [2.05, 4.69) is 4.98 Å². The Balaban J connectivity index is 2.46. The van der Waals surface area contributed by atoms with Gasteiger partial charge in [-0.1, -0.05) is 6.07 Å². The smallest absolute Gasteiger partial charge is 0.303 e. The highest BCUT2D eigenvalue weighted by Crippen LogP contribution is 2.25. The van der Waals surface area contributed by atoms with Gasteiger partial charge in [0, 0.05) is 11.8 Å². The molecule has 1 heterocycles. The Morgan fingerprint density at radius 1 is 1.30 bits per heavy atom. The monoisotopic (exact) mass is 270 g/mol. The number of hydrogen-bond donors (Lipinski definition) is 2. The molecule has 2 aromatic rings. The summed E-state index contributed by atoms with van der Waals surface area (Å²) in [5.41, 5.74) is 0.573. The van der Waals surface area contributed by atoms with Crippen LogP contribution in [0.5, 0.6) is 5.75 Å². The summed E-state index contributed by atoms with van der Waals surface area (Å²) in [7, 11) is 0. The summed E-state index contributed by atoms with van der Waals surface area (Å²) in [6.45, 7) is 0. The normalized spacial score (nSPS) is 10.2. The number of nitriles is 1. The van der Waals surface area contributed by atoms with Gasteiger partial charge in [-0.3, -0.25) is 9.59 Å². The first-order valence-electron chi connectivity index (χ1n) is 5.80. The summed E-state index contributed by atoms with van der Waals surface area (Å²) in [4.78, 5) is 26.3. The van der Waals surface area contributed by atoms with Crippen molar-refractivity contribution in [2.24, 2.45) is 0 Å². The average molecular weight is 270 g/mol. The second-order valence-electron chi connectivity index (χ2n) is 4.16. The van der Waals surface area contributed by atoms with Crippen LogP contribution in [0.25, 0.3) is 10.9 Å². The van der Waals surface area contributed by atoms with Gasteiger partial charge in [0.2, 0.25) is 0 Å². The molecular formula is C14H10N2O4. The van der Waals surface area contributed by atoms with E-state index in [9.17, 15) is 14.7 Å². The summed E-state index contributed by atoms with van der Waals surface area (Å²) in [6.07, 6.45) is -0.560. The van der Waals surface area contributed by atoms with E-state index in [0.29, 0.717) is 16.5 Å². The van der Waals surface area contributed by atoms with Gasteiger partial charge in [-0.25, -0.2) is 4.98 Å². The molecule has 0 atom stereocenters. The number of benzene rings is 1. The van der Waals surface area contributed by atoms with Crippen molar-refractivity contribution >= 4 is 22.7 Å². The molecule has 0 fully saturated rings. The van der Waals surface area contributed by atoms with Crippen LogP contribution in [0.4, 0.5) is 0 Å². The van der Waals surface area contributed by atoms with Crippen LogP contribution < -0.4 is 0 Å². The zero-order valence-electron chi connectivity index (χ0n) is 10.3. The molecule has 0 unspecified atom stereocenters. The molecule has 1 aromatic carbocycles. The Bertz CT molecular complexity index is 747. The maximum Gasteiger partial charge on any atom is 0.303 e. The molecule has 0 spiro atoms. The van der Waals surface area contributed by atoms with Crippen LogP contribution in [0.1, 0.15) is 28.9 Å². The van der Waals surface area contributed by atoms with E-state index in [4.69, 9.17) is 10.4 Å². The Hall–Kier alpha value is -2.94. The number of fused-ring (bicyclic) bond motifs is 1. The lowest BCUT2D eigenvalue weighted by Gasteiger charge is -2.05. The number of aliphatic carboxylic acids is 1. The fourth-order valence-corrected chi connectivity index (χ4v) is 1.83. The lowest BCUT2D eigenvalue weighted by Crippen LogP contribution is -2.06. The highest BCUT2D eigenvalue weighted by atomic mass is 16.4. The molecule has 0 aliphatic carbocycles. The molecule has 100 valence electrons. The number of carbonyl (C=O) groups excluding carboxylic acids is 1.